The predicted octanol–water partition coefficient (Wildman–Crippen LogP) is 0.877. The molecule has 3 N–H and O–H groups in total. The Morgan fingerprint density at radius 1 is 1.50 bits per heavy atom. The van der Waals surface area contributed by atoms with Gasteiger partial charge in [0.1, 0.15) is 0 Å². The number of aliphatic hydroxyl groups is 1. The Balaban J connectivity index is 0. The number of carbonyl (C=O) groups is 1. The van der Waals surface area contributed by atoms with E-state index in [1.165, 1.54) is 0 Å². The lowest BCUT2D eigenvalue weighted by Crippen LogP contribution is -2.33. The zero-order chi connectivity index (χ0) is 8.69. The average Bonchev–Trinajstić information content (AvgIpc) is 2.03. The van der Waals surface area contributed by atoms with E-state index in [-0.39, 0.29) is 24.8 Å². The highest BCUT2D eigenvalue weighted by molar-refractivity contribution is 5.85. The molecule has 0 aromatic carbocycles. The van der Waals surface area contributed by atoms with E-state index in [9.17, 15) is 4.79 Å². The summed E-state index contributed by atoms with van der Waals surface area (Å²) >= 11 is 0. The van der Waals surface area contributed by atoms with Crippen LogP contribution in [-0.4, -0.2) is 23.5 Å². The van der Waals surface area contributed by atoms with Crippen molar-refractivity contribution in [3.05, 3.63) is 0 Å². The predicted molar refractivity (Wildman–Crippen MR) is 51.5 cm³/mol. The van der Waals surface area contributed by atoms with Crippen molar-refractivity contribution in [2.45, 2.75) is 38.6 Å². The number of rotatable bonds is 6. The van der Waals surface area contributed by atoms with Crippen LogP contribution in [0.15, 0.2) is 0 Å². The third kappa shape index (κ3) is 6.58. The summed E-state index contributed by atoms with van der Waals surface area (Å²) in [5, 5.41) is 8.52. The second-order valence-corrected chi connectivity index (χ2v) is 2.71. The number of hydrogen-bond donors (Lipinski definition) is 2. The smallest absolute Gasteiger partial charge is 0.151 e. The Labute approximate surface area is 79.7 Å². The van der Waals surface area contributed by atoms with Gasteiger partial charge in [-0.2, -0.15) is 0 Å². The molecule has 0 rings (SSSR count). The van der Waals surface area contributed by atoms with Crippen molar-refractivity contribution < 1.29 is 9.90 Å². The fraction of sp³-hybridized carbons (Fsp3) is 0.875. The SMILES string of the molecule is CCCCCC(=O)[C@@H](N)CO.Cl. The minimum atomic E-state index is -0.660. The maximum atomic E-state index is 11.0. The molecule has 0 aliphatic heterocycles. The van der Waals surface area contributed by atoms with Crippen LogP contribution in [0.3, 0.4) is 0 Å². The van der Waals surface area contributed by atoms with Gasteiger partial charge in [-0.05, 0) is 6.42 Å². The molecule has 0 amide bonds. The first-order valence-corrected chi connectivity index (χ1v) is 4.11. The van der Waals surface area contributed by atoms with Crippen LogP contribution in [-0.2, 0) is 4.79 Å². The Morgan fingerprint density at radius 2 is 2.08 bits per heavy atom. The summed E-state index contributed by atoms with van der Waals surface area (Å²) in [5.41, 5.74) is 5.30. The number of ketones is 1. The number of carbonyl (C=O) groups excluding carboxylic acids is 1. The number of halogens is 1. The van der Waals surface area contributed by atoms with Crippen LogP contribution in [0.1, 0.15) is 32.6 Å². The molecule has 0 aliphatic carbocycles. The van der Waals surface area contributed by atoms with Gasteiger partial charge in [0.2, 0.25) is 0 Å². The number of aliphatic hydroxyl groups excluding tert-OH is 1. The van der Waals surface area contributed by atoms with Gasteiger partial charge in [0.15, 0.2) is 5.78 Å². The van der Waals surface area contributed by atoms with Gasteiger partial charge in [0.05, 0.1) is 12.6 Å². The van der Waals surface area contributed by atoms with E-state index in [0.717, 1.165) is 19.3 Å². The first-order chi connectivity index (χ1) is 5.22. The molecule has 0 aromatic rings. The summed E-state index contributed by atoms with van der Waals surface area (Å²) in [7, 11) is 0. The van der Waals surface area contributed by atoms with Crippen molar-refractivity contribution in [2.24, 2.45) is 5.73 Å². The maximum Gasteiger partial charge on any atom is 0.151 e. The molecule has 1 atom stereocenters. The Bertz CT molecular complexity index is 120. The van der Waals surface area contributed by atoms with Gasteiger partial charge >= 0.3 is 0 Å². The van der Waals surface area contributed by atoms with Gasteiger partial charge < -0.3 is 10.8 Å². The second kappa shape index (κ2) is 8.97. The van der Waals surface area contributed by atoms with E-state index in [2.05, 4.69) is 6.92 Å². The number of hydrogen-bond acceptors (Lipinski definition) is 3. The lowest BCUT2D eigenvalue weighted by atomic mass is 10.1. The zero-order valence-electron chi connectivity index (χ0n) is 7.45. The lowest BCUT2D eigenvalue weighted by Gasteiger charge is -2.05. The van der Waals surface area contributed by atoms with Crippen molar-refractivity contribution in [1.29, 1.82) is 0 Å². The fourth-order valence-corrected chi connectivity index (χ4v) is 0.836. The normalized spacial score (nSPS) is 11.9. The van der Waals surface area contributed by atoms with E-state index < -0.39 is 6.04 Å². The van der Waals surface area contributed by atoms with E-state index in [1.54, 1.807) is 0 Å². The van der Waals surface area contributed by atoms with Crippen LogP contribution in [0, 0.1) is 0 Å². The highest BCUT2D eigenvalue weighted by Crippen LogP contribution is 2.00. The van der Waals surface area contributed by atoms with Gasteiger partial charge in [-0.1, -0.05) is 19.8 Å². The van der Waals surface area contributed by atoms with Crippen molar-refractivity contribution >= 4 is 18.2 Å². The second-order valence-electron chi connectivity index (χ2n) is 2.71. The lowest BCUT2D eigenvalue weighted by molar-refractivity contribution is -0.121. The molecule has 0 unspecified atom stereocenters. The summed E-state index contributed by atoms with van der Waals surface area (Å²) in [6, 6.07) is -0.660. The fourth-order valence-electron chi connectivity index (χ4n) is 0.836. The topological polar surface area (TPSA) is 63.3 Å². The number of nitrogens with two attached hydrogens (primary N) is 1. The number of unbranched alkanes of at least 4 members (excludes halogenated alkanes) is 2. The van der Waals surface area contributed by atoms with Gasteiger partial charge in [-0.3, -0.25) is 4.79 Å². The van der Waals surface area contributed by atoms with Crippen molar-refractivity contribution in [3.63, 3.8) is 0 Å². The first kappa shape index (κ1) is 14.4. The first-order valence-electron chi connectivity index (χ1n) is 4.11. The van der Waals surface area contributed by atoms with E-state index in [4.69, 9.17) is 10.8 Å². The van der Waals surface area contributed by atoms with E-state index in [1.807, 2.05) is 0 Å². The summed E-state index contributed by atoms with van der Waals surface area (Å²) in [6.07, 6.45) is 3.56. The molecule has 0 saturated carbocycles. The van der Waals surface area contributed by atoms with Crippen LogP contribution in [0.25, 0.3) is 0 Å². The Morgan fingerprint density at radius 3 is 2.50 bits per heavy atom. The molecule has 0 saturated heterocycles. The van der Waals surface area contributed by atoms with Gasteiger partial charge in [-0.25, -0.2) is 0 Å². The monoisotopic (exact) mass is 195 g/mol. The van der Waals surface area contributed by atoms with Crippen molar-refractivity contribution in [1.82, 2.24) is 0 Å². The molecule has 0 aromatic heterocycles. The highest BCUT2D eigenvalue weighted by atomic mass is 35.5. The quantitative estimate of drug-likeness (QED) is 0.619. The summed E-state index contributed by atoms with van der Waals surface area (Å²) < 4.78 is 0. The molecular formula is C8H18ClNO2. The molecule has 0 heterocycles. The number of Topliss-reactive ketones (excluding diaryl/α,β-unsaturated/α-hetero) is 1. The molecule has 4 heteroatoms. The van der Waals surface area contributed by atoms with E-state index in [0.29, 0.717) is 6.42 Å². The Hall–Kier alpha value is -0.120. The molecule has 12 heavy (non-hydrogen) atoms. The van der Waals surface area contributed by atoms with Crippen LogP contribution in [0.5, 0.6) is 0 Å². The molecule has 0 aliphatic rings. The molecule has 0 bridgehead atoms. The van der Waals surface area contributed by atoms with Gasteiger partial charge in [-0.15, -0.1) is 12.4 Å². The van der Waals surface area contributed by atoms with Gasteiger partial charge in [0.25, 0.3) is 0 Å². The van der Waals surface area contributed by atoms with Crippen LogP contribution in [0.2, 0.25) is 0 Å². The van der Waals surface area contributed by atoms with Crippen molar-refractivity contribution in [3.8, 4) is 0 Å². The highest BCUT2D eigenvalue weighted by Gasteiger charge is 2.10. The third-order valence-corrected chi connectivity index (χ3v) is 1.64. The average molecular weight is 196 g/mol. The van der Waals surface area contributed by atoms with Crippen LogP contribution < -0.4 is 5.73 Å². The minimum absolute atomic E-state index is 0. The largest absolute Gasteiger partial charge is 0.394 e. The summed E-state index contributed by atoms with van der Waals surface area (Å²) in [6.45, 7) is 1.85. The molecule has 74 valence electrons. The summed E-state index contributed by atoms with van der Waals surface area (Å²) in [4.78, 5) is 11.0. The molecule has 0 radical (unpaired) electrons. The summed E-state index contributed by atoms with van der Waals surface area (Å²) in [5.74, 6) is -0.0269. The van der Waals surface area contributed by atoms with Crippen LogP contribution in [0.4, 0.5) is 0 Å². The maximum absolute atomic E-state index is 11.0. The third-order valence-electron chi connectivity index (χ3n) is 1.64. The molecule has 0 spiro atoms. The van der Waals surface area contributed by atoms with Gasteiger partial charge in [0, 0.05) is 6.42 Å². The zero-order valence-corrected chi connectivity index (χ0v) is 8.27. The molecule has 0 fully saturated rings. The minimum Gasteiger partial charge on any atom is -0.394 e. The standard InChI is InChI=1S/C8H17NO2.ClH/c1-2-3-4-5-8(11)7(9)6-10;/h7,10H,2-6,9H2,1H3;1H/t7-;/m0./s1. The molecule has 3 nitrogen and oxygen atoms in total. The van der Waals surface area contributed by atoms with Crippen LogP contribution >= 0.6 is 12.4 Å². The Kier molecular flexibility index (Phi) is 10.8. The van der Waals surface area contributed by atoms with Crippen molar-refractivity contribution in [2.75, 3.05) is 6.61 Å². The molecular weight excluding hydrogens is 178 g/mol. The van der Waals surface area contributed by atoms with E-state index >= 15 is 0 Å².